The summed E-state index contributed by atoms with van der Waals surface area (Å²) in [5.74, 6) is 0.756. The van der Waals surface area contributed by atoms with E-state index in [2.05, 4.69) is 15.3 Å². The van der Waals surface area contributed by atoms with Crippen LogP contribution < -0.4 is 10.3 Å². The second kappa shape index (κ2) is 11.2. The van der Waals surface area contributed by atoms with Gasteiger partial charge in [-0.1, -0.05) is 91.0 Å². The molecule has 0 saturated carbocycles. The van der Waals surface area contributed by atoms with Gasteiger partial charge in [0.1, 0.15) is 33.9 Å². The lowest BCUT2D eigenvalue weighted by atomic mass is 9.97. The van der Waals surface area contributed by atoms with E-state index in [4.69, 9.17) is 9.72 Å². The minimum absolute atomic E-state index is 0.262. The summed E-state index contributed by atoms with van der Waals surface area (Å²) in [5.41, 5.74) is 5.84. The molecule has 0 saturated heterocycles. The average Bonchev–Trinajstić information content (AvgIpc) is 3.44. The van der Waals surface area contributed by atoms with Crippen molar-refractivity contribution in [1.82, 2.24) is 19.9 Å². The molecule has 0 aliphatic rings. The van der Waals surface area contributed by atoms with Crippen molar-refractivity contribution in [1.29, 1.82) is 0 Å². The molecular weight excluding hydrogens is 542 g/mol. The van der Waals surface area contributed by atoms with Crippen LogP contribution in [0.25, 0.3) is 42.8 Å². The van der Waals surface area contributed by atoms with Gasteiger partial charge in [0.2, 0.25) is 0 Å². The predicted molar refractivity (Wildman–Crippen MR) is 168 cm³/mol. The monoisotopic (exact) mass is 565 g/mol. The Kier molecular flexibility index (Phi) is 6.79. The Balaban J connectivity index is 1.24. The highest BCUT2D eigenvalue weighted by molar-refractivity contribution is 7.25. The van der Waals surface area contributed by atoms with E-state index in [0.29, 0.717) is 21.7 Å². The number of thiophene rings is 1. The molecule has 8 heteroatoms. The number of rotatable bonds is 7. The van der Waals surface area contributed by atoms with E-state index in [9.17, 15) is 4.79 Å². The van der Waals surface area contributed by atoms with Crippen LogP contribution in [-0.2, 0) is 6.61 Å². The lowest BCUT2D eigenvalue weighted by molar-refractivity contribution is 0.306. The van der Waals surface area contributed by atoms with Crippen LogP contribution in [0.1, 0.15) is 11.1 Å². The van der Waals surface area contributed by atoms with E-state index in [1.807, 2.05) is 115 Å². The number of benzene rings is 4. The number of ether oxygens (including phenoxy) is 1. The van der Waals surface area contributed by atoms with Crippen molar-refractivity contribution in [3.63, 3.8) is 0 Å². The van der Waals surface area contributed by atoms with Gasteiger partial charge in [-0.2, -0.15) is 9.78 Å². The van der Waals surface area contributed by atoms with Gasteiger partial charge in [0.05, 0.1) is 11.7 Å². The summed E-state index contributed by atoms with van der Waals surface area (Å²) >= 11 is 1.28. The molecule has 0 spiro atoms. The summed E-state index contributed by atoms with van der Waals surface area (Å²) in [4.78, 5) is 18.9. The molecule has 0 N–H and O–H groups in total. The molecule has 3 heterocycles. The molecule has 0 aliphatic heterocycles. The molecule has 0 radical (unpaired) electrons. The largest absolute Gasteiger partial charge is 0.489 e. The third-order valence-corrected chi connectivity index (χ3v) is 7.91. The Labute approximate surface area is 245 Å². The third kappa shape index (κ3) is 4.95. The molecule has 3 aromatic heterocycles. The van der Waals surface area contributed by atoms with Crippen LogP contribution in [-0.4, -0.2) is 26.1 Å². The van der Waals surface area contributed by atoms with Gasteiger partial charge in [-0.15, -0.1) is 21.5 Å². The maximum Gasteiger partial charge on any atom is 0.291 e. The SMILES string of the molecule is O=c1c2sc3nnc(-c4ccccc4)c(-c4ccccc4)c3c2ncn1/N=C\c1ccc(OCc2ccccc2)cc1. The van der Waals surface area contributed by atoms with Gasteiger partial charge < -0.3 is 4.74 Å². The topological polar surface area (TPSA) is 82.3 Å². The molecule has 0 unspecified atom stereocenters. The molecule has 4 aromatic carbocycles. The fourth-order valence-corrected chi connectivity index (χ4v) is 5.80. The number of fused-ring (bicyclic) bond motifs is 3. The molecule has 7 rings (SSSR count). The van der Waals surface area contributed by atoms with Crippen LogP contribution in [0, 0.1) is 0 Å². The maximum atomic E-state index is 13.5. The lowest BCUT2D eigenvalue weighted by Gasteiger charge is -2.10. The smallest absolute Gasteiger partial charge is 0.291 e. The normalized spacial score (nSPS) is 11.4. The summed E-state index contributed by atoms with van der Waals surface area (Å²) in [6.45, 7) is 0.494. The first kappa shape index (κ1) is 25.5. The van der Waals surface area contributed by atoms with Gasteiger partial charge in [-0.05, 0) is 41.0 Å². The van der Waals surface area contributed by atoms with Crippen molar-refractivity contribution in [2.45, 2.75) is 6.61 Å². The highest BCUT2D eigenvalue weighted by Gasteiger charge is 2.21. The number of nitrogens with zero attached hydrogens (tertiary/aromatic N) is 5. The van der Waals surface area contributed by atoms with Crippen LogP contribution in [0.2, 0.25) is 0 Å². The summed E-state index contributed by atoms with van der Waals surface area (Å²) in [6.07, 6.45) is 3.09. The molecule has 202 valence electrons. The Hall–Kier alpha value is -5.47. The van der Waals surface area contributed by atoms with E-state index in [0.717, 1.165) is 44.6 Å². The predicted octanol–water partition coefficient (Wildman–Crippen LogP) is 7.20. The lowest BCUT2D eigenvalue weighted by Crippen LogP contribution is -2.15. The van der Waals surface area contributed by atoms with Gasteiger partial charge in [-0.3, -0.25) is 4.79 Å². The summed E-state index contributed by atoms with van der Waals surface area (Å²) in [7, 11) is 0. The standard InChI is InChI=1S/C34H23N5O2S/c40-34-32-31(35-22-39(34)36-20-23-16-18-27(19-17-23)41-21-24-10-4-1-5-11-24)29-28(25-12-6-2-7-13-25)30(37-38-33(29)42-32)26-14-8-3-9-15-26/h1-20,22H,21H2/b36-20-. The summed E-state index contributed by atoms with van der Waals surface area (Å²) < 4.78 is 7.60. The van der Waals surface area contributed by atoms with Crippen molar-refractivity contribution < 1.29 is 4.74 Å². The molecule has 0 aliphatic carbocycles. The zero-order valence-corrected chi connectivity index (χ0v) is 23.1. The Morgan fingerprint density at radius 3 is 2.17 bits per heavy atom. The van der Waals surface area contributed by atoms with Crippen LogP contribution in [0.4, 0.5) is 0 Å². The van der Waals surface area contributed by atoms with E-state index >= 15 is 0 Å². The minimum atomic E-state index is -0.262. The highest BCUT2D eigenvalue weighted by atomic mass is 32.1. The zero-order valence-electron chi connectivity index (χ0n) is 22.3. The average molecular weight is 566 g/mol. The highest BCUT2D eigenvalue weighted by Crippen LogP contribution is 2.41. The number of aromatic nitrogens is 4. The Morgan fingerprint density at radius 1 is 0.786 bits per heavy atom. The molecular formula is C34H23N5O2S. The van der Waals surface area contributed by atoms with Gasteiger partial charge >= 0.3 is 0 Å². The van der Waals surface area contributed by atoms with E-state index in [-0.39, 0.29) is 5.56 Å². The van der Waals surface area contributed by atoms with Crippen molar-refractivity contribution >= 4 is 38.0 Å². The summed E-state index contributed by atoms with van der Waals surface area (Å²) in [5, 5.41) is 14.3. The summed E-state index contributed by atoms with van der Waals surface area (Å²) in [6, 6.07) is 37.5. The van der Waals surface area contributed by atoms with E-state index < -0.39 is 0 Å². The Bertz CT molecular complexity index is 2090. The molecule has 0 fully saturated rings. The Morgan fingerprint density at radius 2 is 1.45 bits per heavy atom. The van der Waals surface area contributed by atoms with Gasteiger partial charge in [-0.25, -0.2) is 4.98 Å². The second-order valence-electron chi connectivity index (χ2n) is 9.60. The van der Waals surface area contributed by atoms with Gasteiger partial charge in [0.15, 0.2) is 0 Å². The molecule has 0 atom stereocenters. The third-order valence-electron chi connectivity index (χ3n) is 6.86. The van der Waals surface area contributed by atoms with Crippen LogP contribution in [0.5, 0.6) is 5.75 Å². The molecule has 7 aromatic rings. The van der Waals surface area contributed by atoms with Crippen LogP contribution >= 0.6 is 11.3 Å². The van der Waals surface area contributed by atoms with Gasteiger partial charge in [0, 0.05) is 16.5 Å². The van der Waals surface area contributed by atoms with Crippen LogP contribution in [0.3, 0.4) is 0 Å². The maximum absolute atomic E-state index is 13.5. The van der Waals surface area contributed by atoms with E-state index in [1.165, 1.54) is 22.3 Å². The minimum Gasteiger partial charge on any atom is -0.489 e. The quantitative estimate of drug-likeness (QED) is 0.191. The van der Waals surface area contributed by atoms with E-state index in [1.54, 1.807) is 6.21 Å². The molecule has 0 bridgehead atoms. The second-order valence-corrected chi connectivity index (χ2v) is 10.6. The number of hydrogen-bond donors (Lipinski definition) is 0. The first-order valence-corrected chi connectivity index (χ1v) is 14.2. The first-order valence-electron chi connectivity index (χ1n) is 13.4. The zero-order chi connectivity index (χ0) is 28.3. The molecule has 42 heavy (non-hydrogen) atoms. The van der Waals surface area contributed by atoms with Gasteiger partial charge in [0.25, 0.3) is 5.56 Å². The fraction of sp³-hybridized carbons (Fsp3) is 0.0294. The van der Waals surface area contributed by atoms with Crippen molar-refractivity contribution in [2.75, 3.05) is 0 Å². The van der Waals surface area contributed by atoms with Crippen molar-refractivity contribution in [3.05, 3.63) is 143 Å². The van der Waals surface area contributed by atoms with Crippen LogP contribution in [0.15, 0.2) is 131 Å². The van der Waals surface area contributed by atoms with Crippen molar-refractivity contribution in [3.8, 4) is 28.1 Å². The molecule has 0 amide bonds. The molecule has 7 nitrogen and oxygen atoms in total. The van der Waals surface area contributed by atoms with Crippen molar-refractivity contribution in [2.24, 2.45) is 5.10 Å². The number of hydrogen-bond acceptors (Lipinski definition) is 7. The first-order chi connectivity index (χ1) is 20.7. The fourth-order valence-electron chi connectivity index (χ4n) is 4.79.